The summed E-state index contributed by atoms with van der Waals surface area (Å²) in [6.45, 7) is 3.99. The minimum atomic E-state index is 0.0770. The van der Waals surface area contributed by atoms with Crippen molar-refractivity contribution < 1.29 is 9.47 Å². The lowest BCUT2D eigenvalue weighted by Crippen LogP contribution is -2.25. The topological polar surface area (TPSA) is 54.1 Å². The van der Waals surface area contributed by atoms with Gasteiger partial charge in [0.05, 0.1) is 25.6 Å². The zero-order valence-corrected chi connectivity index (χ0v) is 13.6. The molecule has 1 aromatic carbocycles. The molecule has 2 aromatic heterocycles. The molecule has 0 N–H and O–H groups in total. The second-order valence-electron chi connectivity index (χ2n) is 5.77. The molecule has 24 heavy (non-hydrogen) atoms. The van der Waals surface area contributed by atoms with Crippen molar-refractivity contribution in [2.45, 2.75) is 19.1 Å². The fourth-order valence-corrected chi connectivity index (χ4v) is 3.15. The summed E-state index contributed by atoms with van der Waals surface area (Å²) >= 11 is 0. The molecule has 0 spiro atoms. The molecule has 1 saturated heterocycles. The van der Waals surface area contributed by atoms with Crippen LogP contribution in [-0.2, 0) is 9.47 Å². The van der Waals surface area contributed by atoms with Gasteiger partial charge >= 0.3 is 0 Å². The highest BCUT2D eigenvalue weighted by atomic mass is 16.5. The lowest BCUT2D eigenvalue weighted by atomic mass is 10.1. The number of aromatic nitrogens is 4. The number of benzene rings is 1. The number of imidazole rings is 2. The molecular formula is C18H20N4O2. The van der Waals surface area contributed by atoms with Gasteiger partial charge in [-0.2, -0.15) is 0 Å². The maximum atomic E-state index is 5.81. The van der Waals surface area contributed by atoms with Crippen molar-refractivity contribution in [1.82, 2.24) is 19.1 Å². The van der Waals surface area contributed by atoms with E-state index in [2.05, 4.69) is 38.8 Å². The van der Waals surface area contributed by atoms with Crippen LogP contribution in [0.4, 0.5) is 0 Å². The van der Waals surface area contributed by atoms with Crippen LogP contribution in [0.25, 0.3) is 17.1 Å². The van der Waals surface area contributed by atoms with Crippen LogP contribution in [0.3, 0.4) is 0 Å². The molecule has 1 aliphatic rings. The molecule has 1 aliphatic heterocycles. The number of rotatable bonds is 5. The van der Waals surface area contributed by atoms with E-state index in [-0.39, 0.29) is 12.1 Å². The summed E-state index contributed by atoms with van der Waals surface area (Å²) in [5.74, 6) is 0.937. The third-order valence-electron chi connectivity index (χ3n) is 4.33. The predicted molar refractivity (Wildman–Crippen MR) is 90.1 cm³/mol. The maximum Gasteiger partial charge on any atom is 0.140 e. The van der Waals surface area contributed by atoms with E-state index in [4.69, 9.17) is 9.47 Å². The first-order valence-electron chi connectivity index (χ1n) is 8.17. The highest BCUT2D eigenvalue weighted by molar-refractivity contribution is 5.58. The first-order valence-corrected chi connectivity index (χ1v) is 8.17. The Morgan fingerprint density at radius 1 is 1.17 bits per heavy atom. The van der Waals surface area contributed by atoms with Gasteiger partial charge in [-0.15, -0.1) is 0 Å². The zero-order valence-electron chi connectivity index (χ0n) is 13.6. The van der Waals surface area contributed by atoms with Gasteiger partial charge in [-0.25, -0.2) is 9.97 Å². The lowest BCUT2D eigenvalue weighted by Gasteiger charge is -2.21. The molecule has 0 aliphatic carbocycles. The Bertz CT molecular complexity index is 780. The Morgan fingerprint density at radius 3 is 2.79 bits per heavy atom. The molecule has 6 heteroatoms. The Kier molecular flexibility index (Phi) is 4.15. The largest absolute Gasteiger partial charge is 0.376 e. The van der Waals surface area contributed by atoms with E-state index in [0.717, 1.165) is 17.1 Å². The van der Waals surface area contributed by atoms with Crippen molar-refractivity contribution in [2.75, 3.05) is 19.8 Å². The summed E-state index contributed by atoms with van der Waals surface area (Å²) in [6.07, 6.45) is 9.41. The molecule has 1 fully saturated rings. The van der Waals surface area contributed by atoms with E-state index in [0.29, 0.717) is 19.8 Å². The molecule has 0 radical (unpaired) electrons. The molecule has 0 bridgehead atoms. The van der Waals surface area contributed by atoms with Crippen molar-refractivity contribution in [3.05, 3.63) is 55.4 Å². The minimum absolute atomic E-state index is 0.0770. The fourth-order valence-electron chi connectivity index (χ4n) is 3.15. The van der Waals surface area contributed by atoms with Crippen LogP contribution in [0.15, 0.2) is 55.4 Å². The number of ether oxygens (including phenoxy) is 2. The van der Waals surface area contributed by atoms with Gasteiger partial charge in [-0.05, 0) is 31.2 Å². The van der Waals surface area contributed by atoms with Gasteiger partial charge in [0.1, 0.15) is 11.9 Å². The molecule has 3 aromatic rings. The molecule has 0 amide bonds. The zero-order chi connectivity index (χ0) is 16.4. The molecule has 4 rings (SSSR count). The maximum absolute atomic E-state index is 5.81. The summed E-state index contributed by atoms with van der Waals surface area (Å²) < 4.78 is 15.6. The van der Waals surface area contributed by atoms with Gasteiger partial charge in [0.25, 0.3) is 0 Å². The van der Waals surface area contributed by atoms with E-state index in [1.165, 1.54) is 0 Å². The highest BCUT2D eigenvalue weighted by Crippen LogP contribution is 2.28. The first kappa shape index (κ1) is 15.1. The molecule has 3 heterocycles. The number of nitrogens with zero attached hydrogens (tertiary/aromatic N) is 4. The quantitative estimate of drug-likeness (QED) is 0.724. The van der Waals surface area contributed by atoms with Crippen LogP contribution < -0.4 is 0 Å². The minimum Gasteiger partial charge on any atom is -0.376 e. The van der Waals surface area contributed by atoms with E-state index in [1.54, 1.807) is 12.5 Å². The average molecular weight is 324 g/mol. The normalized spacial score (nSPS) is 20.5. The monoisotopic (exact) mass is 324 g/mol. The summed E-state index contributed by atoms with van der Waals surface area (Å²) in [5.41, 5.74) is 2.15. The Morgan fingerprint density at radius 2 is 2.04 bits per heavy atom. The van der Waals surface area contributed by atoms with Gasteiger partial charge in [0, 0.05) is 42.6 Å². The van der Waals surface area contributed by atoms with Crippen LogP contribution in [0.2, 0.25) is 0 Å². The molecular weight excluding hydrogens is 304 g/mol. The van der Waals surface area contributed by atoms with E-state index < -0.39 is 0 Å². The van der Waals surface area contributed by atoms with Gasteiger partial charge in [-0.1, -0.05) is 0 Å². The van der Waals surface area contributed by atoms with Crippen molar-refractivity contribution in [3.63, 3.8) is 0 Å². The van der Waals surface area contributed by atoms with Crippen LogP contribution >= 0.6 is 0 Å². The smallest absolute Gasteiger partial charge is 0.140 e. The summed E-state index contributed by atoms with van der Waals surface area (Å²) in [5, 5.41) is 0. The molecule has 124 valence electrons. The van der Waals surface area contributed by atoms with Crippen LogP contribution in [0.1, 0.15) is 13.0 Å². The SMILES string of the molecule is CCO[C@H]1COC[C@@H]1n1ccnc1-c1ccc(-n2ccnc2)cc1. The van der Waals surface area contributed by atoms with Crippen molar-refractivity contribution in [3.8, 4) is 17.1 Å². The van der Waals surface area contributed by atoms with Crippen molar-refractivity contribution in [1.29, 1.82) is 0 Å². The third kappa shape index (κ3) is 2.74. The Labute approximate surface area is 140 Å². The molecule has 2 atom stereocenters. The second kappa shape index (κ2) is 6.59. The number of hydrogen-bond acceptors (Lipinski definition) is 4. The fraction of sp³-hybridized carbons (Fsp3) is 0.333. The average Bonchev–Trinajstić information content (AvgIpc) is 3.36. The summed E-state index contributed by atoms with van der Waals surface area (Å²) in [7, 11) is 0. The summed E-state index contributed by atoms with van der Waals surface area (Å²) in [4.78, 5) is 8.63. The van der Waals surface area contributed by atoms with E-state index in [9.17, 15) is 0 Å². The predicted octanol–water partition coefficient (Wildman–Crippen LogP) is 2.71. The van der Waals surface area contributed by atoms with E-state index >= 15 is 0 Å². The Hall–Kier alpha value is -2.44. The van der Waals surface area contributed by atoms with Crippen molar-refractivity contribution >= 4 is 0 Å². The molecule has 0 saturated carbocycles. The lowest BCUT2D eigenvalue weighted by molar-refractivity contribution is 0.0364. The Balaban J connectivity index is 1.62. The van der Waals surface area contributed by atoms with Gasteiger partial charge in [0.2, 0.25) is 0 Å². The summed E-state index contributed by atoms with van der Waals surface area (Å²) in [6, 6.07) is 8.47. The van der Waals surface area contributed by atoms with E-state index in [1.807, 2.05) is 30.1 Å². The standard InChI is InChI=1S/C18H20N4O2/c1-2-24-17-12-23-11-16(17)22-10-8-20-18(22)14-3-5-15(6-4-14)21-9-7-19-13-21/h3-10,13,16-17H,2,11-12H2,1H3/t16-,17-/m0/s1. The molecule has 0 unspecified atom stereocenters. The van der Waals surface area contributed by atoms with Gasteiger partial charge in [0.15, 0.2) is 0 Å². The highest BCUT2D eigenvalue weighted by Gasteiger charge is 2.31. The third-order valence-corrected chi connectivity index (χ3v) is 4.33. The van der Waals surface area contributed by atoms with Gasteiger partial charge < -0.3 is 18.6 Å². The van der Waals surface area contributed by atoms with Crippen LogP contribution in [0, 0.1) is 0 Å². The van der Waals surface area contributed by atoms with Gasteiger partial charge in [-0.3, -0.25) is 0 Å². The molecule has 6 nitrogen and oxygen atoms in total. The number of hydrogen-bond donors (Lipinski definition) is 0. The first-order chi connectivity index (χ1) is 11.9. The van der Waals surface area contributed by atoms with Crippen LogP contribution in [-0.4, -0.2) is 45.0 Å². The second-order valence-corrected chi connectivity index (χ2v) is 5.77. The van der Waals surface area contributed by atoms with Crippen LogP contribution in [0.5, 0.6) is 0 Å². The van der Waals surface area contributed by atoms with Crippen molar-refractivity contribution in [2.24, 2.45) is 0 Å².